The van der Waals surface area contributed by atoms with Crippen LogP contribution in [0.25, 0.3) is 0 Å². The summed E-state index contributed by atoms with van der Waals surface area (Å²) in [5.74, 6) is 0.324. The molecule has 0 radical (unpaired) electrons. The molecule has 0 aliphatic heterocycles. The van der Waals surface area contributed by atoms with E-state index in [-0.39, 0.29) is 5.91 Å². The van der Waals surface area contributed by atoms with Crippen LogP contribution in [0.4, 0.5) is 5.69 Å². The number of rotatable bonds is 3. The molecule has 5 heteroatoms. The summed E-state index contributed by atoms with van der Waals surface area (Å²) in [6.07, 6.45) is 1.86. The second-order valence-electron chi connectivity index (χ2n) is 2.61. The molecule has 1 rings (SSSR count). The predicted molar refractivity (Wildman–Crippen MR) is 63.5 cm³/mol. The summed E-state index contributed by atoms with van der Waals surface area (Å²) in [6.45, 7) is 0. The van der Waals surface area contributed by atoms with Gasteiger partial charge in [0.05, 0.1) is 16.5 Å². The molecule has 0 unspecified atom stereocenters. The Bertz CT molecular complexity index is 344. The SMILES string of the molecule is CSCC(=O)Nc1cc(Cl)ccc1Cl. The fraction of sp³-hybridized carbons (Fsp3) is 0.222. The lowest BCUT2D eigenvalue weighted by Crippen LogP contribution is -2.13. The zero-order valence-corrected chi connectivity index (χ0v) is 9.84. The first-order valence-electron chi connectivity index (χ1n) is 3.87. The summed E-state index contributed by atoms with van der Waals surface area (Å²) in [5, 5.41) is 3.72. The first kappa shape index (κ1) is 11.7. The number of hydrogen-bond donors (Lipinski definition) is 1. The molecule has 0 aliphatic carbocycles. The van der Waals surface area contributed by atoms with E-state index in [2.05, 4.69) is 5.32 Å². The molecule has 76 valence electrons. The van der Waals surface area contributed by atoms with E-state index in [4.69, 9.17) is 23.2 Å². The zero-order chi connectivity index (χ0) is 10.6. The molecule has 1 N–H and O–H groups in total. The van der Waals surface area contributed by atoms with Gasteiger partial charge in [-0.2, -0.15) is 11.8 Å². The maximum Gasteiger partial charge on any atom is 0.234 e. The van der Waals surface area contributed by atoms with Gasteiger partial charge in [-0.25, -0.2) is 0 Å². The number of carbonyl (C=O) groups excluding carboxylic acids is 1. The van der Waals surface area contributed by atoms with Crippen LogP contribution in [0, 0.1) is 0 Å². The van der Waals surface area contributed by atoms with E-state index >= 15 is 0 Å². The Morgan fingerprint density at radius 3 is 2.86 bits per heavy atom. The van der Waals surface area contributed by atoms with Crippen molar-refractivity contribution < 1.29 is 4.79 Å². The largest absolute Gasteiger partial charge is 0.324 e. The van der Waals surface area contributed by atoms with E-state index in [1.54, 1.807) is 18.2 Å². The Kier molecular flexibility index (Phi) is 4.58. The van der Waals surface area contributed by atoms with Gasteiger partial charge in [-0.3, -0.25) is 4.79 Å². The highest BCUT2D eigenvalue weighted by molar-refractivity contribution is 7.99. The van der Waals surface area contributed by atoms with E-state index in [9.17, 15) is 4.79 Å². The Hall–Kier alpha value is -0.380. The highest BCUT2D eigenvalue weighted by atomic mass is 35.5. The van der Waals surface area contributed by atoms with Crippen LogP contribution in [0.2, 0.25) is 10.0 Å². The number of benzene rings is 1. The molecule has 0 fully saturated rings. The van der Waals surface area contributed by atoms with Gasteiger partial charge in [0.1, 0.15) is 0 Å². The van der Waals surface area contributed by atoms with Gasteiger partial charge in [0.25, 0.3) is 0 Å². The average molecular weight is 250 g/mol. The fourth-order valence-electron chi connectivity index (χ4n) is 0.911. The quantitative estimate of drug-likeness (QED) is 0.891. The van der Waals surface area contributed by atoms with Crippen LogP contribution in [-0.2, 0) is 4.79 Å². The average Bonchev–Trinajstić information content (AvgIpc) is 2.12. The maximum atomic E-state index is 11.2. The minimum atomic E-state index is -0.0818. The van der Waals surface area contributed by atoms with E-state index in [1.165, 1.54) is 11.8 Å². The Balaban J connectivity index is 2.75. The van der Waals surface area contributed by atoms with Crippen molar-refractivity contribution >= 4 is 46.6 Å². The van der Waals surface area contributed by atoms with Crippen molar-refractivity contribution in [2.45, 2.75) is 0 Å². The molecule has 0 bridgehead atoms. The second-order valence-corrected chi connectivity index (χ2v) is 4.32. The number of hydrogen-bond acceptors (Lipinski definition) is 2. The third kappa shape index (κ3) is 3.40. The van der Waals surface area contributed by atoms with Crippen molar-refractivity contribution in [3.8, 4) is 0 Å². The Morgan fingerprint density at radius 2 is 2.21 bits per heavy atom. The Labute approximate surface area is 97.0 Å². The minimum Gasteiger partial charge on any atom is -0.324 e. The van der Waals surface area contributed by atoms with Crippen molar-refractivity contribution in [3.63, 3.8) is 0 Å². The molecule has 0 heterocycles. The first-order valence-corrected chi connectivity index (χ1v) is 6.02. The van der Waals surface area contributed by atoms with E-state index < -0.39 is 0 Å². The lowest BCUT2D eigenvalue weighted by Gasteiger charge is -2.06. The summed E-state index contributed by atoms with van der Waals surface area (Å²) in [5.41, 5.74) is 0.554. The summed E-state index contributed by atoms with van der Waals surface area (Å²) in [6, 6.07) is 4.95. The zero-order valence-electron chi connectivity index (χ0n) is 7.51. The molecule has 0 saturated heterocycles. The third-order valence-corrected chi connectivity index (χ3v) is 2.59. The molecule has 2 nitrogen and oxygen atoms in total. The molecule has 1 amide bonds. The van der Waals surface area contributed by atoms with Gasteiger partial charge in [-0.05, 0) is 24.5 Å². The lowest BCUT2D eigenvalue weighted by molar-refractivity contribution is -0.113. The summed E-state index contributed by atoms with van der Waals surface area (Å²) < 4.78 is 0. The summed E-state index contributed by atoms with van der Waals surface area (Å²) in [7, 11) is 0. The standard InChI is InChI=1S/C9H9Cl2NOS/c1-14-5-9(13)12-8-4-6(10)2-3-7(8)11/h2-4H,5H2,1H3,(H,12,13). The van der Waals surface area contributed by atoms with Crippen molar-refractivity contribution in [1.29, 1.82) is 0 Å². The molecular formula is C9H9Cl2NOS. The van der Waals surface area contributed by atoms with Crippen molar-refractivity contribution in [2.24, 2.45) is 0 Å². The van der Waals surface area contributed by atoms with Crippen LogP contribution in [0.3, 0.4) is 0 Å². The van der Waals surface area contributed by atoms with Gasteiger partial charge in [0.15, 0.2) is 0 Å². The molecule has 1 aromatic rings. The van der Waals surface area contributed by atoms with Crippen LogP contribution in [0.15, 0.2) is 18.2 Å². The van der Waals surface area contributed by atoms with Gasteiger partial charge >= 0.3 is 0 Å². The molecule has 0 spiro atoms. The van der Waals surface area contributed by atoms with E-state index in [1.807, 2.05) is 6.26 Å². The predicted octanol–water partition coefficient (Wildman–Crippen LogP) is 3.29. The fourth-order valence-corrected chi connectivity index (χ4v) is 1.58. The van der Waals surface area contributed by atoms with E-state index in [0.717, 1.165) is 0 Å². The van der Waals surface area contributed by atoms with Crippen LogP contribution < -0.4 is 5.32 Å². The van der Waals surface area contributed by atoms with E-state index in [0.29, 0.717) is 21.5 Å². The monoisotopic (exact) mass is 249 g/mol. The summed E-state index contributed by atoms with van der Waals surface area (Å²) in [4.78, 5) is 11.2. The molecule has 0 aromatic heterocycles. The molecular weight excluding hydrogens is 241 g/mol. The minimum absolute atomic E-state index is 0.0818. The van der Waals surface area contributed by atoms with Crippen molar-refractivity contribution in [1.82, 2.24) is 0 Å². The van der Waals surface area contributed by atoms with Gasteiger partial charge < -0.3 is 5.32 Å². The third-order valence-electron chi connectivity index (χ3n) is 1.48. The molecule has 0 atom stereocenters. The highest BCUT2D eigenvalue weighted by Crippen LogP contribution is 2.25. The van der Waals surface area contributed by atoms with Crippen LogP contribution in [0.1, 0.15) is 0 Å². The molecule has 14 heavy (non-hydrogen) atoms. The molecule has 0 aliphatic rings. The van der Waals surface area contributed by atoms with Crippen LogP contribution >= 0.6 is 35.0 Å². The molecule has 0 saturated carbocycles. The van der Waals surface area contributed by atoms with Crippen LogP contribution in [0.5, 0.6) is 0 Å². The number of halogens is 2. The number of anilines is 1. The highest BCUT2D eigenvalue weighted by Gasteiger charge is 2.05. The normalized spacial score (nSPS) is 9.93. The van der Waals surface area contributed by atoms with Crippen molar-refractivity contribution in [2.75, 3.05) is 17.3 Å². The number of amides is 1. The number of thioether (sulfide) groups is 1. The van der Waals surface area contributed by atoms with Gasteiger partial charge in [0, 0.05) is 5.02 Å². The van der Waals surface area contributed by atoms with Crippen molar-refractivity contribution in [3.05, 3.63) is 28.2 Å². The molecule has 1 aromatic carbocycles. The Morgan fingerprint density at radius 1 is 1.50 bits per heavy atom. The number of nitrogens with one attached hydrogen (secondary N) is 1. The lowest BCUT2D eigenvalue weighted by atomic mass is 10.3. The topological polar surface area (TPSA) is 29.1 Å². The first-order chi connectivity index (χ1) is 6.63. The maximum absolute atomic E-state index is 11.2. The van der Waals surface area contributed by atoms with Gasteiger partial charge in [-0.15, -0.1) is 0 Å². The van der Waals surface area contributed by atoms with Gasteiger partial charge in [-0.1, -0.05) is 23.2 Å². The van der Waals surface area contributed by atoms with Gasteiger partial charge in [0.2, 0.25) is 5.91 Å². The second kappa shape index (κ2) is 5.49. The smallest absolute Gasteiger partial charge is 0.234 e. The summed E-state index contributed by atoms with van der Waals surface area (Å²) >= 11 is 13.1. The number of carbonyl (C=O) groups is 1. The van der Waals surface area contributed by atoms with Crippen LogP contribution in [-0.4, -0.2) is 17.9 Å².